The highest BCUT2D eigenvalue weighted by Crippen LogP contribution is 2.12. The van der Waals surface area contributed by atoms with Crippen molar-refractivity contribution >= 4 is 41.3 Å². The summed E-state index contributed by atoms with van der Waals surface area (Å²) >= 11 is 10.8. The number of H-pyrrole nitrogens is 1. The van der Waals surface area contributed by atoms with Crippen molar-refractivity contribution in [3.05, 3.63) is 16.4 Å². The first kappa shape index (κ1) is 10.7. The van der Waals surface area contributed by atoms with Gasteiger partial charge in [0.25, 0.3) is 0 Å². The predicted octanol–water partition coefficient (Wildman–Crippen LogP) is 1.28. The van der Waals surface area contributed by atoms with Crippen molar-refractivity contribution in [1.82, 2.24) is 15.2 Å². The van der Waals surface area contributed by atoms with Crippen molar-refractivity contribution in [2.24, 2.45) is 4.99 Å². The molecule has 0 aliphatic carbocycles. The number of allylic oxidation sites excluding steroid dienone is 1. The lowest BCUT2D eigenvalue weighted by Crippen LogP contribution is -1.96. The minimum absolute atomic E-state index is 0.185. The standard InChI is InChI=1S/C6H4Cl2N4O2/c7-3(4(8)5(13)14)1-9-6-10-2-11-12-6/h1-2H,(H,13,14)(H,10,11,12)/b4-3+,9-1?. The molecule has 1 aromatic heterocycles. The van der Waals surface area contributed by atoms with Crippen LogP contribution in [0.3, 0.4) is 0 Å². The molecule has 0 radical (unpaired) electrons. The van der Waals surface area contributed by atoms with E-state index in [4.69, 9.17) is 28.3 Å². The van der Waals surface area contributed by atoms with Crippen LogP contribution in [-0.2, 0) is 4.79 Å². The molecule has 0 atom stereocenters. The lowest BCUT2D eigenvalue weighted by Gasteiger charge is -1.90. The summed E-state index contributed by atoms with van der Waals surface area (Å²) in [6.45, 7) is 0. The van der Waals surface area contributed by atoms with Gasteiger partial charge in [-0.2, -0.15) is 10.1 Å². The number of aromatic amines is 1. The molecule has 1 heterocycles. The quantitative estimate of drug-likeness (QED) is 0.609. The molecule has 0 aliphatic rings. The molecule has 0 amide bonds. The number of carboxylic acid groups (broad SMARTS) is 1. The minimum Gasteiger partial charge on any atom is -0.477 e. The second-order valence-corrected chi connectivity index (χ2v) is 2.82. The number of hydrogen-bond donors (Lipinski definition) is 2. The van der Waals surface area contributed by atoms with Crippen LogP contribution in [0.4, 0.5) is 5.95 Å². The molecule has 0 saturated heterocycles. The highest BCUT2D eigenvalue weighted by molar-refractivity contribution is 6.51. The van der Waals surface area contributed by atoms with Crippen LogP contribution >= 0.6 is 23.2 Å². The number of halogens is 2. The van der Waals surface area contributed by atoms with Crippen molar-refractivity contribution in [2.45, 2.75) is 0 Å². The summed E-state index contributed by atoms with van der Waals surface area (Å²) in [5, 5.41) is 13.7. The molecule has 6 nitrogen and oxygen atoms in total. The zero-order valence-electron chi connectivity index (χ0n) is 6.61. The summed E-state index contributed by atoms with van der Waals surface area (Å²) in [6.07, 6.45) is 2.32. The average molecular weight is 235 g/mol. The monoisotopic (exact) mass is 234 g/mol. The number of aromatic nitrogens is 3. The van der Waals surface area contributed by atoms with E-state index in [1.807, 2.05) is 0 Å². The van der Waals surface area contributed by atoms with E-state index in [0.717, 1.165) is 6.21 Å². The first-order chi connectivity index (χ1) is 6.61. The largest absolute Gasteiger partial charge is 0.477 e. The third-order valence-electron chi connectivity index (χ3n) is 1.10. The maximum atomic E-state index is 10.3. The Morgan fingerprint density at radius 2 is 2.36 bits per heavy atom. The third-order valence-corrected chi connectivity index (χ3v) is 1.85. The third kappa shape index (κ3) is 2.82. The van der Waals surface area contributed by atoms with E-state index >= 15 is 0 Å². The molecule has 0 saturated carbocycles. The lowest BCUT2D eigenvalue weighted by molar-refractivity contribution is -0.131. The summed E-state index contributed by atoms with van der Waals surface area (Å²) in [5.74, 6) is -1.11. The number of hydrogen-bond acceptors (Lipinski definition) is 4. The fourth-order valence-electron chi connectivity index (χ4n) is 0.538. The Bertz CT molecular complexity index is 385. The molecule has 74 valence electrons. The van der Waals surface area contributed by atoms with Crippen LogP contribution in [-0.4, -0.2) is 32.5 Å². The Labute approximate surface area is 88.3 Å². The van der Waals surface area contributed by atoms with Gasteiger partial charge in [0, 0.05) is 0 Å². The second kappa shape index (κ2) is 4.73. The van der Waals surface area contributed by atoms with Crippen molar-refractivity contribution < 1.29 is 9.90 Å². The lowest BCUT2D eigenvalue weighted by atomic mass is 10.5. The molecular formula is C6H4Cl2N4O2. The Kier molecular flexibility index (Phi) is 3.61. The summed E-state index contributed by atoms with van der Waals surface area (Å²) in [6, 6.07) is 0. The van der Waals surface area contributed by atoms with Gasteiger partial charge in [0.1, 0.15) is 11.4 Å². The fourth-order valence-corrected chi connectivity index (χ4v) is 0.716. The molecule has 0 aromatic carbocycles. The molecule has 8 heteroatoms. The van der Waals surface area contributed by atoms with E-state index in [1.165, 1.54) is 6.33 Å². The number of carboxylic acids is 1. The number of aliphatic carboxylic acids is 1. The van der Waals surface area contributed by atoms with Crippen LogP contribution in [0.25, 0.3) is 0 Å². The van der Waals surface area contributed by atoms with Gasteiger partial charge >= 0.3 is 5.97 Å². The summed E-state index contributed by atoms with van der Waals surface area (Å²) in [5.41, 5.74) is 0. The molecular weight excluding hydrogens is 231 g/mol. The summed E-state index contributed by atoms with van der Waals surface area (Å²) in [4.78, 5) is 17.7. The van der Waals surface area contributed by atoms with E-state index < -0.39 is 11.0 Å². The smallest absolute Gasteiger partial charge is 0.348 e. The van der Waals surface area contributed by atoms with Crippen LogP contribution in [0, 0.1) is 0 Å². The van der Waals surface area contributed by atoms with Crippen LogP contribution in [0.2, 0.25) is 0 Å². The number of aliphatic imine (C=N–C) groups is 1. The van der Waals surface area contributed by atoms with E-state index in [0.29, 0.717) is 0 Å². The average Bonchev–Trinajstić information content (AvgIpc) is 2.65. The Morgan fingerprint density at radius 3 is 2.86 bits per heavy atom. The van der Waals surface area contributed by atoms with Gasteiger partial charge < -0.3 is 5.11 Å². The number of rotatable bonds is 3. The van der Waals surface area contributed by atoms with Gasteiger partial charge in [-0.3, -0.25) is 0 Å². The van der Waals surface area contributed by atoms with Crippen molar-refractivity contribution in [1.29, 1.82) is 0 Å². The topological polar surface area (TPSA) is 91.2 Å². The Balaban J connectivity index is 2.79. The molecule has 0 spiro atoms. The normalized spacial score (nSPS) is 13.0. The molecule has 0 fully saturated rings. The van der Waals surface area contributed by atoms with Gasteiger partial charge in [-0.15, -0.1) is 0 Å². The van der Waals surface area contributed by atoms with Gasteiger partial charge in [-0.25, -0.2) is 14.9 Å². The van der Waals surface area contributed by atoms with Crippen molar-refractivity contribution in [3.63, 3.8) is 0 Å². The van der Waals surface area contributed by atoms with E-state index in [9.17, 15) is 4.79 Å². The second-order valence-electron chi connectivity index (χ2n) is 2.03. The van der Waals surface area contributed by atoms with Gasteiger partial charge in [0.15, 0.2) is 0 Å². The van der Waals surface area contributed by atoms with E-state index in [1.54, 1.807) is 0 Å². The molecule has 0 bridgehead atoms. The maximum absolute atomic E-state index is 10.3. The van der Waals surface area contributed by atoms with E-state index in [2.05, 4.69) is 20.2 Å². The fraction of sp³-hybridized carbons (Fsp3) is 0. The highest BCUT2D eigenvalue weighted by atomic mass is 35.5. The Hall–Kier alpha value is -1.40. The SMILES string of the molecule is O=C(O)/C(Cl)=C(\Cl)C=Nc1ncn[nH]1. The maximum Gasteiger partial charge on any atom is 0.348 e. The molecule has 0 unspecified atom stereocenters. The van der Waals surface area contributed by atoms with Gasteiger partial charge in [0.2, 0.25) is 5.95 Å². The van der Waals surface area contributed by atoms with Crippen LogP contribution in [0.5, 0.6) is 0 Å². The predicted molar refractivity (Wildman–Crippen MR) is 50.9 cm³/mol. The molecule has 1 rings (SSSR count). The van der Waals surface area contributed by atoms with Crippen LogP contribution in [0.15, 0.2) is 21.4 Å². The Morgan fingerprint density at radius 1 is 1.64 bits per heavy atom. The first-order valence-corrected chi connectivity index (χ1v) is 4.05. The number of nitrogens with zero attached hydrogens (tertiary/aromatic N) is 3. The summed E-state index contributed by atoms with van der Waals surface area (Å²) < 4.78 is 0. The molecule has 0 aliphatic heterocycles. The molecule has 14 heavy (non-hydrogen) atoms. The molecule has 2 N–H and O–H groups in total. The summed E-state index contributed by atoms with van der Waals surface area (Å²) in [7, 11) is 0. The minimum atomic E-state index is -1.32. The zero-order valence-corrected chi connectivity index (χ0v) is 8.12. The van der Waals surface area contributed by atoms with Crippen LogP contribution in [0.1, 0.15) is 0 Å². The zero-order chi connectivity index (χ0) is 10.6. The van der Waals surface area contributed by atoms with Crippen LogP contribution < -0.4 is 0 Å². The number of nitrogens with one attached hydrogen (secondary N) is 1. The van der Waals surface area contributed by atoms with Crippen molar-refractivity contribution in [3.8, 4) is 0 Å². The first-order valence-electron chi connectivity index (χ1n) is 3.29. The van der Waals surface area contributed by atoms with E-state index in [-0.39, 0.29) is 11.0 Å². The highest BCUT2D eigenvalue weighted by Gasteiger charge is 2.07. The molecule has 1 aromatic rings. The van der Waals surface area contributed by atoms with Gasteiger partial charge in [-0.05, 0) is 0 Å². The van der Waals surface area contributed by atoms with Gasteiger partial charge in [-0.1, -0.05) is 23.2 Å². The van der Waals surface area contributed by atoms with Gasteiger partial charge in [0.05, 0.1) is 11.2 Å². The van der Waals surface area contributed by atoms with Crippen molar-refractivity contribution in [2.75, 3.05) is 0 Å². The number of carbonyl (C=O) groups is 1.